The van der Waals surface area contributed by atoms with Gasteiger partial charge in [0.2, 0.25) is 15.9 Å². The van der Waals surface area contributed by atoms with E-state index in [0.29, 0.717) is 18.5 Å². The number of benzene rings is 2. The first kappa shape index (κ1) is 23.0. The quantitative estimate of drug-likeness (QED) is 0.648. The second-order valence-corrected chi connectivity index (χ2v) is 10.5. The molecule has 2 heterocycles. The van der Waals surface area contributed by atoms with Crippen LogP contribution < -0.4 is 4.90 Å². The average Bonchev–Trinajstić information content (AvgIpc) is 2.81. The standard InChI is InChI=1S/C22H23Cl2N3O4S/c23-18-4-3-5-19(21(18)24)32(30,31)26-14-12-25(13-15-26)22(29)16-7-9-17(10-8-16)27-11-2-1-6-20(27)28/h3-5,7-10H,1-2,6,11-15H2. The Kier molecular flexibility index (Phi) is 6.76. The molecule has 0 aliphatic carbocycles. The van der Waals surface area contributed by atoms with Crippen molar-refractivity contribution < 1.29 is 18.0 Å². The highest BCUT2D eigenvalue weighted by molar-refractivity contribution is 7.89. The van der Waals surface area contributed by atoms with E-state index in [1.807, 2.05) is 0 Å². The number of carbonyl (C=O) groups is 2. The maximum atomic E-state index is 13.0. The minimum Gasteiger partial charge on any atom is -0.336 e. The molecule has 170 valence electrons. The molecule has 0 radical (unpaired) electrons. The summed E-state index contributed by atoms with van der Waals surface area (Å²) < 4.78 is 27.3. The van der Waals surface area contributed by atoms with Gasteiger partial charge in [-0.3, -0.25) is 9.59 Å². The van der Waals surface area contributed by atoms with E-state index < -0.39 is 10.0 Å². The number of amides is 2. The fourth-order valence-corrected chi connectivity index (χ4v) is 6.16. The number of hydrogen-bond donors (Lipinski definition) is 0. The Hall–Kier alpha value is -2.13. The molecule has 0 bridgehead atoms. The third kappa shape index (κ3) is 4.50. The largest absolute Gasteiger partial charge is 0.336 e. The van der Waals surface area contributed by atoms with Crippen molar-refractivity contribution in [1.82, 2.24) is 9.21 Å². The lowest BCUT2D eigenvalue weighted by Crippen LogP contribution is -2.50. The lowest BCUT2D eigenvalue weighted by atomic mass is 10.1. The molecule has 0 aromatic heterocycles. The van der Waals surface area contributed by atoms with Gasteiger partial charge in [-0.1, -0.05) is 29.3 Å². The maximum Gasteiger partial charge on any atom is 0.253 e. The second-order valence-electron chi connectivity index (χ2n) is 7.80. The van der Waals surface area contributed by atoms with Crippen LogP contribution in [-0.4, -0.2) is 62.2 Å². The van der Waals surface area contributed by atoms with Crippen molar-refractivity contribution in [3.8, 4) is 0 Å². The smallest absolute Gasteiger partial charge is 0.253 e. The van der Waals surface area contributed by atoms with E-state index in [-0.39, 0.29) is 52.9 Å². The average molecular weight is 496 g/mol. The molecular weight excluding hydrogens is 473 g/mol. The number of rotatable bonds is 4. The third-order valence-electron chi connectivity index (χ3n) is 5.81. The van der Waals surface area contributed by atoms with E-state index in [4.69, 9.17) is 23.2 Å². The van der Waals surface area contributed by atoms with Gasteiger partial charge in [-0.2, -0.15) is 4.31 Å². The summed E-state index contributed by atoms with van der Waals surface area (Å²) in [6.45, 7) is 1.55. The molecule has 2 aliphatic rings. The van der Waals surface area contributed by atoms with Crippen LogP contribution in [0.1, 0.15) is 29.6 Å². The fraction of sp³-hybridized carbons (Fsp3) is 0.364. The highest BCUT2D eigenvalue weighted by atomic mass is 35.5. The van der Waals surface area contributed by atoms with Gasteiger partial charge in [-0.05, 0) is 49.2 Å². The second kappa shape index (κ2) is 9.39. The zero-order valence-electron chi connectivity index (χ0n) is 17.3. The van der Waals surface area contributed by atoms with Crippen LogP contribution in [0.25, 0.3) is 0 Å². The molecule has 4 rings (SSSR count). The monoisotopic (exact) mass is 495 g/mol. The summed E-state index contributed by atoms with van der Waals surface area (Å²) in [5.41, 5.74) is 1.30. The molecular formula is C22H23Cl2N3O4S. The summed E-state index contributed by atoms with van der Waals surface area (Å²) in [6.07, 6.45) is 2.44. The number of carbonyl (C=O) groups excluding carboxylic acids is 2. The van der Waals surface area contributed by atoms with Crippen molar-refractivity contribution in [2.45, 2.75) is 24.2 Å². The molecule has 2 aromatic rings. The predicted molar refractivity (Wildman–Crippen MR) is 124 cm³/mol. The van der Waals surface area contributed by atoms with Crippen molar-refractivity contribution in [3.63, 3.8) is 0 Å². The van der Waals surface area contributed by atoms with Crippen molar-refractivity contribution in [2.24, 2.45) is 0 Å². The van der Waals surface area contributed by atoms with Crippen LogP contribution in [-0.2, 0) is 14.8 Å². The molecule has 2 aliphatic heterocycles. The molecule has 0 N–H and O–H groups in total. The van der Waals surface area contributed by atoms with Crippen LogP contribution in [0.5, 0.6) is 0 Å². The summed E-state index contributed by atoms with van der Waals surface area (Å²) in [7, 11) is -3.81. The van der Waals surface area contributed by atoms with Crippen molar-refractivity contribution in [2.75, 3.05) is 37.6 Å². The van der Waals surface area contributed by atoms with Gasteiger partial charge < -0.3 is 9.80 Å². The molecule has 0 atom stereocenters. The summed E-state index contributed by atoms with van der Waals surface area (Å²) >= 11 is 12.1. The Bertz CT molecular complexity index is 1130. The molecule has 0 spiro atoms. The molecule has 2 fully saturated rings. The molecule has 7 nitrogen and oxygen atoms in total. The lowest BCUT2D eigenvalue weighted by molar-refractivity contribution is -0.119. The summed E-state index contributed by atoms with van der Waals surface area (Å²) in [4.78, 5) is 28.4. The van der Waals surface area contributed by atoms with Crippen molar-refractivity contribution in [1.29, 1.82) is 0 Å². The molecule has 2 aromatic carbocycles. The summed E-state index contributed by atoms with van der Waals surface area (Å²) in [5.74, 6) is -0.0631. The van der Waals surface area contributed by atoms with E-state index in [0.717, 1.165) is 18.5 Å². The van der Waals surface area contributed by atoms with E-state index >= 15 is 0 Å². The summed E-state index contributed by atoms with van der Waals surface area (Å²) in [6, 6.07) is 11.5. The van der Waals surface area contributed by atoms with Crippen LogP contribution >= 0.6 is 23.2 Å². The van der Waals surface area contributed by atoms with Gasteiger partial charge in [-0.15, -0.1) is 0 Å². The molecule has 32 heavy (non-hydrogen) atoms. The third-order valence-corrected chi connectivity index (χ3v) is 8.68. The van der Waals surface area contributed by atoms with Gasteiger partial charge >= 0.3 is 0 Å². The highest BCUT2D eigenvalue weighted by Crippen LogP contribution is 2.31. The van der Waals surface area contributed by atoms with E-state index in [9.17, 15) is 18.0 Å². The number of piperazine rings is 1. The normalized spacial score (nSPS) is 18.1. The summed E-state index contributed by atoms with van der Waals surface area (Å²) in [5, 5.41) is 0.177. The first-order valence-electron chi connectivity index (χ1n) is 10.4. The van der Waals surface area contributed by atoms with E-state index in [2.05, 4.69) is 0 Å². The topological polar surface area (TPSA) is 78.0 Å². The van der Waals surface area contributed by atoms with Gasteiger partial charge in [0.05, 0.1) is 10.0 Å². The minimum absolute atomic E-state index is 0.0000467. The van der Waals surface area contributed by atoms with Crippen LogP contribution in [0, 0.1) is 0 Å². The predicted octanol–water partition coefficient (Wildman–Crippen LogP) is 3.66. The molecule has 0 unspecified atom stereocenters. The molecule has 2 saturated heterocycles. The van der Waals surface area contributed by atoms with Gasteiger partial charge in [0, 0.05) is 50.4 Å². The number of nitrogens with zero attached hydrogens (tertiary/aromatic N) is 3. The SMILES string of the molecule is O=C(c1ccc(N2CCCCC2=O)cc1)N1CCN(S(=O)(=O)c2cccc(Cl)c2Cl)CC1. The fourth-order valence-electron chi connectivity index (χ4n) is 4.00. The Labute approximate surface area is 197 Å². The Morgan fingerprint density at radius 1 is 0.875 bits per heavy atom. The molecule has 2 amide bonds. The zero-order valence-corrected chi connectivity index (χ0v) is 19.7. The first-order valence-corrected chi connectivity index (χ1v) is 12.6. The minimum atomic E-state index is -3.81. The van der Waals surface area contributed by atoms with Crippen LogP contribution in [0.2, 0.25) is 10.0 Å². The van der Waals surface area contributed by atoms with Gasteiger partial charge in [0.25, 0.3) is 5.91 Å². The van der Waals surface area contributed by atoms with Gasteiger partial charge in [0.15, 0.2) is 0 Å². The first-order chi connectivity index (χ1) is 15.3. The number of anilines is 1. The van der Waals surface area contributed by atoms with Crippen LogP contribution in [0.15, 0.2) is 47.4 Å². The Morgan fingerprint density at radius 3 is 2.22 bits per heavy atom. The highest BCUT2D eigenvalue weighted by Gasteiger charge is 2.32. The van der Waals surface area contributed by atoms with Gasteiger partial charge in [-0.25, -0.2) is 8.42 Å². The van der Waals surface area contributed by atoms with Crippen LogP contribution in [0.4, 0.5) is 5.69 Å². The Balaban J connectivity index is 1.41. The Morgan fingerprint density at radius 2 is 1.56 bits per heavy atom. The zero-order chi connectivity index (χ0) is 22.9. The van der Waals surface area contributed by atoms with E-state index in [1.165, 1.54) is 16.4 Å². The molecule has 10 heteroatoms. The molecule has 0 saturated carbocycles. The number of hydrogen-bond acceptors (Lipinski definition) is 4. The van der Waals surface area contributed by atoms with Crippen molar-refractivity contribution >= 4 is 50.7 Å². The number of halogens is 2. The van der Waals surface area contributed by atoms with Gasteiger partial charge in [0.1, 0.15) is 4.90 Å². The van der Waals surface area contributed by atoms with E-state index in [1.54, 1.807) is 40.1 Å². The van der Waals surface area contributed by atoms with Crippen LogP contribution in [0.3, 0.4) is 0 Å². The maximum absolute atomic E-state index is 13.0. The lowest BCUT2D eigenvalue weighted by Gasteiger charge is -2.34. The number of sulfonamides is 1. The number of piperidine rings is 1. The van der Waals surface area contributed by atoms with Crippen molar-refractivity contribution in [3.05, 3.63) is 58.1 Å².